The standard InChI is InChI=1S/C24H15Br3O6/c1-10(28)31-22-7-16-13(4-19(22)25)14-5-20(26)23(32-11(2)29)8-17(14)18-9-24(33-12(3)30)21(27)6-15(16)18/h4-9H,1-3H3. The average Bonchev–Trinajstić information content (AvgIpc) is 2.70. The van der Waals surface area contributed by atoms with Gasteiger partial charge < -0.3 is 14.2 Å². The zero-order chi connectivity index (χ0) is 24.0. The molecule has 4 aromatic carbocycles. The first kappa shape index (κ1) is 23.7. The lowest BCUT2D eigenvalue weighted by atomic mass is 9.94. The van der Waals surface area contributed by atoms with Crippen molar-refractivity contribution in [2.45, 2.75) is 20.8 Å². The number of ether oxygens (including phenoxy) is 3. The second kappa shape index (κ2) is 9.04. The molecule has 0 saturated heterocycles. The first-order chi connectivity index (χ1) is 15.5. The molecule has 0 aliphatic rings. The molecule has 6 nitrogen and oxygen atoms in total. The molecule has 0 aliphatic heterocycles. The number of hydrogen-bond donors (Lipinski definition) is 0. The summed E-state index contributed by atoms with van der Waals surface area (Å²) in [5.41, 5.74) is 0. The second-order valence-corrected chi connectivity index (χ2v) is 9.83. The highest BCUT2D eigenvalue weighted by Gasteiger charge is 2.18. The van der Waals surface area contributed by atoms with Crippen molar-refractivity contribution in [3.63, 3.8) is 0 Å². The number of benzene rings is 4. The van der Waals surface area contributed by atoms with Crippen LogP contribution in [0.15, 0.2) is 49.8 Å². The Kier molecular flexibility index (Phi) is 6.48. The van der Waals surface area contributed by atoms with Crippen LogP contribution in [-0.4, -0.2) is 17.9 Å². The van der Waals surface area contributed by atoms with Crippen molar-refractivity contribution in [1.82, 2.24) is 0 Å². The van der Waals surface area contributed by atoms with Crippen LogP contribution in [-0.2, 0) is 14.4 Å². The summed E-state index contributed by atoms with van der Waals surface area (Å²) in [7, 11) is 0. The number of carbonyl (C=O) groups is 3. The molecule has 0 heterocycles. The van der Waals surface area contributed by atoms with E-state index in [0.717, 1.165) is 32.3 Å². The van der Waals surface area contributed by atoms with Gasteiger partial charge in [-0.2, -0.15) is 0 Å². The van der Waals surface area contributed by atoms with Gasteiger partial charge in [0.2, 0.25) is 0 Å². The van der Waals surface area contributed by atoms with E-state index < -0.39 is 17.9 Å². The smallest absolute Gasteiger partial charge is 0.308 e. The number of hydrogen-bond acceptors (Lipinski definition) is 6. The Balaban J connectivity index is 2.19. The van der Waals surface area contributed by atoms with Crippen LogP contribution in [0.1, 0.15) is 20.8 Å². The molecule has 4 rings (SSSR count). The van der Waals surface area contributed by atoms with Crippen LogP contribution in [0.4, 0.5) is 0 Å². The molecular weight excluding hydrogens is 624 g/mol. The maximum atomic E-state index is 11.6. The van der Waals surface area contributed by atoms with Gasteiger partial charge in [-0.1, -0.05) is 0 Å². The summed E-state index contributed by atoms with van der Waals surface area (Å²) in [4.78, 5) is 34.8. The predicted octanol–water partition coefficient (Wildman–Crippen LogP) is 7.21. The maximum Gasteiger partial charge on any atom is 0.308 e. The van der Waals surface area contributed by atoms with Crippen molar-refractivity contribution in [2.24, 2.45) is 0 Å². The van der Waals surface area contributed by atoms with E-state index in [-0.39, 0.29) is 0 Å². The fourth-order valence-corrected chi connectivity index (χ4v) is 4.97. The number of halogens is 3. The highest BCUT2D eigenvalue weighted by molar-refractivity contribution is 9.11. The third-order valence-corrected chi connectivity index (χ3v) is 6.71. The average molecular weight is 639 g/mol. The molecular formula is C24H15Br3O6. The van der Waals surface area contributed by atoms with E-state index in [1.807, 2.05) is 18.2 Å². The molecule has 33 heavy (non-hydrogen) atoms. The van der Waals surface area contributed by atoms with Crippen molar-refractivity contribution in [3.8, 4) is 17.2 Å². The first-order valence-electron chi connectivity index (χ1n) is 9.62. The highest BCUT2D eigenvalue weighted by Crippen LogP contribution is 2.45. The van der Waals surface area contributed by atoms with Crippen LogP contribution in [0, 0.1) is 0 Å². The van der Waals surface area contributed by atoms with Gasteiger partial charge in [0.1, 0.15) is 17.2 Å². The van der Waals surface area contributed by atoms with Gasteiger partial charge in [-0.3, -0.25) is 14.4 Å². The number of rotatable bonds is 3. The zero-order valence-electron chi connectivity index (χ0n) is 17.5. The molecule has 0 atom stereocenters. The number of fused-ring (bicyclic) bond motifs is 6. The van der Waals surface area contributed by atoms with Crippen LogP contribution < -0.4 is 14.2 Å². The predicted molar refractivity (Wildman–Crippen MR) is 136 cm³/mol. The molecule has 0 unspecified atom stereocenters. The number of carbonyl (C=O) groups excluding carboxylic acids is 3. The van der Waals surface area contributed by atoms with Gasteiger partial charge >= 0.3 is 17.9 Å². The molecule has 0 saturated carbocycles. The van der Waals surface area contributed by atoms with Crippen LogP contribution in [0.5, 0.6) is 17.2 Å². The zero-order valence-corrected chi connectivity index (χ0v) is 22.3. The molecule has 0 radical (unpaired) electrons. The minimum absolute atomic E-state index is 0.352. The fraction of sp³-hybridized carbons (Fsp3) is 0.125. The normalized spacial score (nSPS) is 11.1. The Morgan fingerprint density at radius 2 is 0.697 bits per heavy atom. The summed E-state index contributed by atoms with van der Waals surface area (Å²) in [5, 5.41) is 4.91. The van der Waals surface area contributed by atoms with Gasteiger partial charge in [0.05, 0.1) is 13.4 Å². The summed E-state index contributed by atoms with van der Waals surface area (Å²) in [6.45, 7) is 4.00. The summed E-state index contributed by atoms with van der Waals surface area (Å²) >= 11 is 10.5. The summed E-state index contributed by atoms with van der Waals surface area (Å²) in [6, 6.07) is 10.9. The van der Waals surface area contributed by atoms with Crippen molar-refractivity contribution in [1.29, 1.82) is 0 Å². The molecule has 4 aromatic rings. The summed E-state index contributed by atoms with van der Waals surface area (Å²) in [6.07, 6.45) is 0. The molecule has 0 aromatic heterocycles. The van der Waals surface area contributed by atoms with Crippen molar-refractivity contribution in [3.05, 3.63) is 49.8 Å². The Morgan fingerprint density at radius 3 is 0.909 bits per heavy atom. The molecule has 9 heteroatoms. The molecule has 0 aliphatic carbocycles. The van der Waals surface area contributed by atoms with E-state index in [1.165, 1.54) is 20.8 Å². The second-order valence-electron chi connectivity index (χ2n) is 7.27. The van der Waals surface area contributed by atoms with Gasteiger partial charge in [-0.25, -0.2) is 0 Å². The monoisotopic (exact) mass is 636 g/mol. The molecule has 168 valence electrons. The van der Waals surface area contributed by atoms with Crippen molar-refractivity contribution < 1.29 is 28.6 Å². The van der Waals surface area contributed by atoms with Gasteiger partial charge in [0.15, 0.2) is 0 Å². The minimum Gasteiger partial charge on any atom is -0.425 e. The van der Waals surface area contributed by atoms with Gasteiger partial charge in [-0.15, -0.1) is 0 Å². The van der Waals surface area contributed by atoms with Crippen molar-refractivity contribution >= 4 is 98.0 Å². The van der Waals surface area contributed by atoms with E-state index in [2.05, 4.69) is 47.8 Å². The van der Waals surface area contributed by atoms with Crippen molar-refractivity contribution in [2.75, 3.05) is 0 Å². The van der Waals surface area contributed by atoms with Crippen LogP contribution in [0.25, 0.3) is 32.3 Å². The SMILES string of the molecule is CC(=O)Oc1cc2c(cc1Br)c1cc(Br)c(OC(C)=O)cc1c1cc(OC(C)=O)c(Br)cc21. The number of esters is 3. The van der Waals surface area contributed by atoms with E-state index >= 15 is 0 Å². The Bertz CT molecular complexity index is 1510. The van der Waals surface area contributed by atoms with Crippen LogP contribution in [0.3, 0.4) is 0 Å². The molecule has 0 spiro atoms. The fourth-order valence-electron chi connectivity index (χ4n) is 3.70. The lowest BCUT2D eigenvalue weighted by Crippen LogP contribution is -2.03. The Labute approximate surface area is 213 Å². The summed E-state index contributed by atoms with van der Waals surface area (Å²) in [5.74, 6) is -0.242. The molecule has 0 amide bonds. The quantitative estimate of drug-likeness (QED) is 0.134. The third kappa shape index (κ3) is 4.62. The molecule has 0 N–H and O–H groups in total. The lowest BCUT2D eigenvalue weighted by molar-refractivity contribution is -0.132. The highest BCUT2D eigenvalue weighted by atomic mass is 79.9. The Hall–Kier alpha value is -2.49. The van der Waals surface area contributed by atoms with Gasteiger partial charge in [0.25, 0.3) is 0 Å². The summed E-state index contributed by atoms with van der Waals surface area (Å²) < 4.78 is 17.9. The van der Waals surface area contributed by atoms with Crippen LogP contribution in [0.2, 0.25) is 0 Å². The Morgan fingerprint density at radius 1 is 0.485 bits per heavy atom. The molecule has 0 fully saturated rings. The van der Waals surface area contributed by atoms with E-state index in [1.54, 1.807) is 18.2 Å². The van der Waals surface area contributed by atoms with Crippen LogP contribution >= 0.6 is 47.8 Å². The topological polar surface area (TPSA) is 78.9 Å². The maximum absolute atomic E-state index is 11.6. The largest absolute Gasteiger partial charge is 0.425 e. The molecule has 0 bridgehead atoms. The first-order valence-corrected chi connectivity index (χ1v) is 12.0. The van der Waals surface area contributed by atoms with Gasteiger partial charge in [-0.05, 0) is 117 Å². The van der Waals surface area contributed by atoms with E-state index in [9.17, 15) is 14.4 Å². The third-order valence-electron chi connectivity index (χ3n) is 4.85. The van der Waals surface area contributed by atoms with Gasteiger partial charge in [0, 0.05) is 20.8 Å². The minimum atomic E-state index is -0.454. The lowest BCUT2D eigenvalue weighted by Gasteiger charge is -2.16. The van der Waals surface area contributed by atoms with E-state index in [4.69, 9.17) is 14.2 Å². The van der Waals surface area contributed by atoms with E-state index in [0.29, 0.717) is 30.7 Å².